The summed E-state index contributed by atoms with van der Waals surface area (Å²) in [6.07, 6.45) is 9.76. The van der Waals surface area contributed by atoms with Gasteiger partial charge in [-0.25, -0.2) is 0 Å². The largest absolute Gasteiger partial charge is 0.497 e. The van der Waals surface area contributed by atoms with Gasteiger partial charge in [0.15, 0.2) is 15.1 Å². The molecule has 0 saturated carbocycles. The van der Waals surface area contributed by atoms with E-state index in [1.165, 1.54) is 50.5 Å². The average molecular weight is 601 g/mol. The van der Waals surface area contributed by atoms with E-state index in [1.807, 2.05) is 24.3 Å². The first-order valence-corrected chi connectivity index (χ1v) is 18.6. The Labute approximate surface area is 256 Å². The van der Waals surface area contributed by atoms with Crippen molar-refractivity contribution in [2.45, 2.75) is 109 Å². The van der Waals surface area contributed by atoms with Crippen molar-refractivity contribution in [3.63, 3.8) is 0 Å². The van der Waals surface area contributed by atoms with Crippen LogP contribution in [-0.2, 0) is 14.6 Å². The van der Waals surface area contributed by atoms with Gasteiger partial charge < -0.3 is 28.1 Å². The smallest absolute Gasteiger partial charge is 0.191 e. The van der Waals surface area contributed by atoms with E-state index in [9.17, 15) is 0 Å². The van der Waals surface area contributed by atoms with Crippen LogP contribution in [0.2, 0.25) is 18.1 Å². The van der Waals surface area contributed by atoms with Crippen molar-refractivity contribution in [1.29, 1.82) is 0 Å². The van der Waals surface area contributed by atoms with E-state index in [1.54, 1.807) is 21.3 Å². The monoisotopic (exact) mass is 600 g/mol. The van der Waals surface area contributed by atoms with Gasteiger partial charge in [0.1, 0.15) is 23.0 Å². The summed E-state index contributed by atoms with van der Waals surface area (Å²) in [6, 6.07) is 12.3. The second-order valence-corrected chi connectivity index (χ2v) is 18.3. The lowest BCUT2D eigenvalue weighted by molar-refractivity contribution is 0.0506. The Morgan fingerprint density at radius 2 is 1.52 bits per heavy atom. The van der Waals surface area contributed by atoms with E-state index in [-0.39, 0.29) is 23.2 Å². The fourth-order valence-electron chi connectivity index (χ4n) is 5.70. The maximum atomic E-state index is 6.42. The highest BCUT2D eigenvalue weighted by Crippen LogP contribution is 2.52. The van der Waals surface area contributed by atoms with E-state index >= 15 is 0 Å². The van der Waals surface area contributed by atoms with E-state index < -0.39 is 8.32 Å². The molecule has 0 bridgehead atoms. The van der Waals surface area contributed by atoms with E-state index in [0.717, 1.165) is 41.6 Å². The second-order valence-electron chi connectivity index (χ2n) is 13.4. The number of unbranched alkanes of at least 4 members (excludes halogenated alkanes) is 6. The normalized spacial score (nSPS) is 18.7. The first kappa shape index (κ1) is 34.3. The number of methoxy groups -OCH3 is 3. The molecule has 3 rings (SSSR count). The molecular formula is C35H56O6Si. The molecular weight excluding hydrogens is 544 g/mol. The minimum Gasteiger partial charge on any atom is -0.497 e. The van der Waals surface area contributed by atoms with Gasteiger partial charge in [-0.3, -0.25) is 0 Å². The minimum atomic E-state index is -1.63. The minimum absolute atomic E-state index is 0.215. The summed E-state index contributed by atoms with van der Waals surface area (Å²) >= 11 is 0. The summed E-state index contributed by atoms with van der Waals surface area (Å²) in [5.74, 6) is 3.58. The molecule has 0 radical (unpaired) electrons. The molecule has 7 heteroatoms. The number of benzene rings is 2. The Kier molecular flexibility index (Phi) is 12.6. The highest BCUT2D eigenvalue weighted by molar-refractivity contribution is 6.74. The number of fused-ring (bicyclic) bond motifs is 1. The molecule has 2 aromatic rings. The molecule has 1 aliphatic heterocycles. The van der Waals surface area contributed by atoms with Crippen molar-refractivity contribution in [3.05, 3.63) is 47.5 Å². The topological polar surface area (TPSA) is 55.4 Å². The first-order valence-electron chi connectivity index (χ1n) is 15.7. The maximum absolute atomic E-state index is 6.42. The van der Waals surface area contributed by atoms with Gasteiger partial charge >= 0.3 is 0 Å². The lowest BCUT2D eigenvalue weighted by atomic mass is 9.66. The van der Waals surface area contributed by atoms with Crippen LogP contribution < -0.4 is 18.9 Å². The van der Waals surface area contributed by atoms with Crippen LogP contribution in [0.25, 0.3) is 0 Å². The van der Waals surface area contributed by atoms with E-state index in [0.29, 0.717) is 6.61 Å². The van der Waals surface area contributed by atoms with Crippen LogP contribution in [0.3, 0.4) is 0 Å². The van der Waals surface area contributed by atoms with E-state index in [4.69, 9.17) is 28.1 Å². The number of ether oxygens (including phenoxy) is 5. The van der Waals surface area contributed by atoms with Crippen LogP contribution in [0, 0.1) is 0 Å². The molecule has 1 heterocycles. The molecule has 0 amide bonds. The molecule has 0 aliphatic carbocycles. The molecule has 0 N–H and O–H groups in total. The average Bonchev–Trinajstić information content (AvgIpc) is 2.96. The van der Waals surface area contributed by atoms with Crippen molar-refractivity contribution in [2.24, 2.45) is 0 Å². The van der Waals surface area contributed by atoms with Gasteiger partial charge in [0.25, 0.3) is 0 Å². The van der Waals surface area contributed by atoms with Crippen LogP contribution in [-0.4, -0.2) is 49.7 Å². The summed E-state index contributed by atoms with van der Waals surface area (Å²) in [6.45, 7) is 15.6. The Morgan fingerprint density at radius 1 is 0.857 bits per heavy atom. The molecule has 6 nitrogen and oxygen atoms in total. The zero-order chi connectivity index (χ0) is 30.8. The standard InChI is InChI=1S/C35H56O6Si/c1-34(2,3)42(8,9)41-22-16-14-12-10-11-13-15-17-30-29-20-18-28(40-26-36-5)24-32(29)39-25-35(30,4)31-21-19-27(37-6)23-33(31)38-7/h18-21,23-24,30H,10-17,22,25-26H2,1-9H3. The lowest BCUT2D eigenvalue weighted by Gasteiger charge is -2.43. The van der Waals surface area contributed by atoms with Gasteiger partial charge in [0.2, 0.25) is 0 Å². The quantitative estimate of drug-likeness (QED) is 0.102. The highest BCUT2D eigenvalue weighted by atomic mass is 28.4. The Balaban J connectivity index is 1.61. The first-order chi connectivity index (χ1) is 20.0. The second kappa shape index (κ2) is 15.5. The van der Waals surface area contributed by atoms with Crippen molar-refractivity contribution in [2.75, 3.05) is 41.3 Å². The lowest BCUT2D eigenvalue weighted by Crippen LogP contribution is -2.40. The van der Waals surface area contributed by atoms with Crippen LogP contribution >= 0.6 is 0 Å². The highest BCUT2D eigenvalue weighted by Gasteiger charge is 2.44. The van der Waals surface area contributed by atoms with Crippen LogP contribution in [0.1, 0.15) is 96.1 Å². The molecule has 2 unspecified atom stereocenters. The van der Waals surface area contributed by atoms with Gasteiger partial charge in [-0.2, -0.15) is 0 Å². The summed E-state index contributed by atoms with van der Waals surface area (Å²) in [4.78, 5) is 0. The van der Waals surface area contributed by atoms with Gasteiger partial charge in [-0.15, -0.1) is 0 Å². The fraction of sp³-hybridized carbons (Fsp3) is 0.657. The number of hydrogen-bond donors (Lipinski definition) is 0. The zero-order valence-electron chi connectivity index (χ0n) is 27.8. The molecule has 0 aromatic heterocycles. The summed E-state index contributed by atoms with van der Waals surface area (Å²) in [7, 11) is 3.42. The van der Waals surface area contributed by atoms with Crippen LogP contribution in [0.5, 0.6) is 23.0 Å². The summed E-state index contributed by atoms with van der Waals surface area (Å²) in [5, 5.41) is 0.284. The third-order valence-corrected chi connectivity index (χ3v) is 14.0. The van der Waals surface area contributed by atoms with Crippen LogP contribution in [0.15, 0.2) is 36.4 Å². The Bertz CT molecular complexity index is 1110. The molecule has 0 saturated heterocycles. The number of rotatable bonds is 17. The van der Waals surface area contributed by atoms with E-state index in [2.05, 4.69) is 52.9 Å². The summed E-state index contributed by atoms with van der Waals surface area (Å²) in [5.41, 5.74) is 2.14. The molecule has 42 heavy (non-hydrogen) atoms. The predicted molar refractivity (Wildman–Crippen MR) is 174 cm³/mol. The third kappa shape index (κ3) is 8.67. The summed E-state index contributed by atoms with van der Waals surface area (Å²) < 4.78 is 34.9. The molecule has 236 valence electrons. The zero-order valence-corrected chi connectivity index (χ0v) is 28.8. The van der Waals surface area contributed by atoms with Gasteiger partial charge in [0, 0.05) is 42.7 Å². The van der Waals surface area contributed by atoms with Crippen molar-refractivity contribution < 1.29 is 28.1 Å². The van der Waals surface area contributed by atoms with Gasteiger partial charge in [-0.05, 0) is 48.7 Å². The predicted octanol–water partition coefficient (Wildman–Crippen LogP) is 9.26. The maximum Gasteiger partial charge on any atom is 0.191 e. The van der Waals surface area contributed by atoms with Crippen molar-refractivity contribution in [1.82, 2.24) is 0 Å². The SMILES string of the molecule is COCOc1ccc2c(c1)OCC(C)(c1ccc(OC)cc1OC)C2CCCCCCCCCO[Si](C)(C)C(C)(C)C. The third-order valence-electron chi connectivity index (χ3n) is 9.43. The van der Waals surface area contributed by atoms with Crippen molar-refractivity contribution in [3.8, 4) is 23.0 Å². The Morgan fingerprint density at radius 3 is 2.17 bits per heavy atom. The Hall–Kier alpha value is -2.22. The van der Waals surface area contributed by atoms with Gasteiger partial charge in [0.05, 0.1) is 20.8 Å². The molecule has 0 spiro atoms. The van der Waals surface area contributed by atoms with Crippen molar-refractivity contribution >= 4 is 8.32 Å². The molecule has 2 aromatic carbocycles. The fourth-order valence-corrected chi connectivity index (χ4v) is 6.79. The van der Waals surface area contributed by atoms with Gasteiger partial charge in [-0.1, -0.05) is 78.4 Å². The number of hydrogen-bond acceptors (Lipinski definition) is 6. The van der Waals surface area contributed by atoms with Crippen LogP contribution in [0.4, 0.5) is 0 Å². The molecule has 1 aliphatic rings. The molecule has 2 atom stereocenters. The molecule has 0 fully saturated rings.